The fourth-order valence-electron chi connectivity index (χ4n) is 3.60. The number of carbonyl (C=O) groups is 1. The van der Waals surface area contributed by atoms with Crippen LogP contribution < -0.4 is 10.9 Å². The fraction of sp³-hybridized carbons (Fsp3) is 0.409. The number of benzene rings is 2. The first-order valence-corrected chi connectivity index (χ1v) is 11.8. The number of rotatable bonds is 6. The number of halogens is 3. The van der Waals surface area contributed by atoms with Gasteiger partial charge < -0.3 is 0 Å². The van der Waals surface area contributed by atoms with E-state index in [0.717, 1.165) is 11.6 Å². The normalized spacial score (nSPS) is 16.2. The molecule has 3 rings (SSSR count). The second-order valence-electron chi connectivity index (χ2n) is 8.06. The molecule has 0 bridgehead atoms. The summed E-state index contributed by atoms with van der Waals surface area (Å²) < 4.78 is 66.3. The highest BCUT2D eigenvalue weighted by Crippen LogP contribution is 2.34. The molecule has 1 aliphatic rings. The minimum absolute atomic E-state index is 0.158. The van der Waals surface area contributed by atoms with E-state index in [2.05, 4.69) is 10.9 Å². The molecule has 0 unspecified atom stereocenters. The Morgan fingerprint density at radius 1 is 1.03 bits per heavy atom. The molecule has 2 aromatic rings. The number of amides is 1. The van der Waals surface area contributed by atoms with Gasteiger partial charge in [0, 0.05) is 19.0 Å². The summed E-state index contributed by atoms with van der Waals surface area (Å²) in [6.45, 7) is 4.36. The van der Waals surface area contributed by atoms with Gasteiger partial charge in [-0.15, -0.1) is 0 Å². The number of sulfonamides is 1. The van der Waals surface area contributed by atoms with Crippen LogP contribution in [-0.2, 0) is 21.0 Å². The molecule has 32 heavy (non-hydrogen) atoms. The largest absolute Gasteiger partial charge is 0.418 e. The summed E-state index contributed by atoms with van der Waals surface area (Å²) >= 11 is 0. The van der Waals surface area contributed by atoms with Crippen molar-refractivity contribution < 1.29 is 26.4 Å². The first-order valence-electron chi connectivity index (χ1n) is 10.3. The Kier molecular flexibility index (Phi) is 7.14. The number of anilines is 1. The molecule has 0 aliphatic carbocycles. The third kappa shape index (κ3) is 5.42. The summed E-state index contributed by atoms with van der Waals surface area (Å²) in [6, 6.07) is 11.6. The van der Waals surface area contributed by atoms with Crippen LogP contribution in [0.2, 0.25) is 0 Å². The van der Waals surface area contributed by atoms with Gasteiger partial charge in [0.15, 0.2) is 0 Å². The summed E-state index contributed by atoms with van der Waals surface area (Å²) in [4.78, 5) is 12.6. The van der Waals surface area contributed by atoms with E-state index in [1.165, 1.54) is 22.5 Å². The van der Waals surface area contributed by atoms with Crippen molar-refractivity contribution in [2.24, 2.45) is 5.92 Å². The van der Waals surface area contributed by atoms with Gasteiger partial charge in [0.2, 0.25) is 15.9 Å². The van der Waals surface area contributed by atoms with Gasteiger partial charge in [-0.2, -0.15) is 17.5 Å². The third-order valence-corrected chi connectivity index (χ3v) is 7.47. The number of piperidine rings is 1. The monoisotopic (exact) mass is 469 g/mol. The SMILES string of the molecule is CC(C)c1ccc(S(=O)(=O)N2CCC(C(=O)NNc3ccccc3C(F)(F)F)CC2)cc1. The van der Waals surface area contributed by atoms with Gasteiger partial charge in [0.1, 0.15) is 0 Å². The lowest BCUT2D eigenvalue weighted by Crippen LogP contribution is -2.44. The number of carbonyl (C=O) groups excluding carboxylic acids is 1. The first kappa shape index (κ1) is 24.1. The van der Waals surface area contributed by atoms with Crippen LogP contribution in [0.15, 0.2) is 53.4 Å². The van der Waals surface area contributed by atoms with Crippen LogP contribution in [0.25, 0.3) is 0 Å². The van der Waals surface area contributed by atoms with Crippen molar-refractivity contribution in [2.75, 3.05) is 18.5 Å². The maximum absolute atomic E-state index is 13.1. The molecule has 1 heterocycles. The van der Waals surface area contributed by atoms with Crippen molar-refractivity contribution in [1.29, 1.82) is 0 Å². The van der Waals surface area contributed by atoms with Gasteiger partial charge in [-0.1, -0.05) is 38.1 Å². The molecule has 1 fully saturated rings. The zero-order valence-electron chi connectivity index (χ0n) is 17.8. The molecule has 0 aromatic heterocycles. The van der Waals surface area contributed by atoms with E-state index in [-0.39, 0.29) is 42.4 Å². The number of nitrogens with one attached hydrogen (secondary N) is 2. The highest BCUT2D eigenvalue weighted by atomic mass is 32.2. The Morgan fingerprint density at radius 2 is 1.62 bits per heavy atom. The molecule has 174 valence electrons. The lowest BCUT2D eigenvalue weighted by atomic mass is 9.97. The summed E-state index contributed by atoms with van der Waals surface area (Å²) in [5.74, 6) is -0.687. The van der Waals surface area contributed by atoms with E-state index in [1.807, 2.05) is 13.8 Å². The van der Waals surface area contributed by atoms with E-state index in [1.54, 1.807) is 24.3 Å². The minimum Gasteiger partial charge on any atom is -0.298 e. The first-order chi connectivity index (χ1) is 15.0. The quantitative estimate of drug-likeness (QED) is 0.616. The molecule has 1 amide bonds. The van der Waals surface area contributed by atoms with Crippen LogP contribution in [0.4, 0.5) is 18.9 Å². The third-order valence-electron chi connectivity index (χ3n) is 5.56. The predicted octanol–water partition coefficient (Wildman–Crippen LogP) is 4.37. The van der Waals surface area contributed by atoms with Crippen LogP contribution >= 0.6 is 0 Å². The van der Waals surface area contributed by atoms with Gasteiger partial charge in [0.05, 0.1) is 16.1 Å². The van der Waals surface area contributed by atoms with Crippen LogP contribution in [0.1, 0.15) is 43.7 Å². The average Bonchev–Trinajstić information content (AvgIpc) is 2.77. The summed E-state index contributed by atoms with van der Waals surface area (Å²) in [7, 11) is -3.67. The van der Waals surface area contributed by atoms with Crippen molar-refractivity contribution in [3.05, 3.63) is 59.7 Å². The van der Waals surface area contributed by atoms with Crippen molar-refractivity contribution in [1.82, 2.24) is 9.73 Å². The van der Waals surface area contributed by atoms with Gasteiger partial charge in [-0.05, 0) is 48.6 Å². The zero-order chi connectivity index (χ0) is 23.5. The second kappa shape index (κ2) is 9.50. The lowest BCUT2D eigenvalue weighted by Gasteiger charge is -2.30. The predicted molar refractivity (Wildman–Crippen MR) is 115 cm³/mol. The number of para-hydroxylation sites is 1. The molecule has 2 aromatic carbocycles. The lowest BCUT2D eigenvalue weighted by molar-refractivity contribution is -0.137. The number of hydrogen-bond acceptors (Lipinski definition) is 4. The highest BCUT2D eigenvalue weighted by molar-refractivity contribution is 7.89. The van der Waals surface area contributed by atoms with Gasteiger partial charge in [-0.25, -0.2) is 8.42 Å². The Morgan fingerprint density at radius 3 is 2.19 bits per heavy atom. The highest BCUT2D eigenvalue weighted by Gasteiger charge is 2.34. The van der Waals surface area contributed by atoms with Crippen LogP contribution in [0.3, 0.4) is 0 Å². The van der Waals surface area contributed by atoms with Crippen LogP contribution in [-0.4, -0.2) is 31.7 Å². The van der Waals surface area contributed by atoms with E-state index in [4.69, 9.17) is 0 Å². The van der Waals surface area contributed by atoms with Crippen molar-refractivity contribution >= 4 is 21.6 Å². The zero-order valence-corrected chi connectivity index (χ0v) is 18.6. The van der Waals surface area contributed by atoms with E-state index in [9.17, 15) is 26.4 Å². The molecule has 0 saturated carbocycles. The molecular formula is C22H26F3N3O3S. The number of nitrogens with zero attached hydrogens (tertiary/aromatic N) is 1. The van der Waals surface area contributed by atoms with E-state index < -0.39 is 33.6 Å². The number of alkyl halides is 3. The number of hydrogen-bond donors (Lipinski definition) is 2. The second-order valence-corrected chi connectivity index (χ2v) is 10.00. The van der Waals surface area contributed by atoms with Gasteiger partial charge >= 0.3 is 6.18 Å². The molecule has 10 heteroatoms. The summed E-state index contributed by atoms with van der Waals surface area (Å²) in [5, 5.41) is 0. The molecule has 0 atom stereocenters. The van der Waals surface area contributed by atoms with Crippen LogP contribution in [0, 0.1) is 5.92 Å². The Labute approximate surface area is 185 Å². The van der Waals surface area contributed by atoms with E-state index in [0.29, 0.717) is 0 Å². The molecule has 0 spiro atoms. The Bertz CT molecular complexity index is 1050. The van der Waals surface area contributed by atoms with Crippen LogP contribution in [0.5, 0.6) is 0 Å². The molecule has 0 radical (unpaired) electrons. The molecular weight excluding hydrogens is 443 g/mol. The van der Waals surface area contributed by atoms with Crippen molar-refractivity contribution in [2.45, 2.75) is 43.7 Å². The summed E-state index contributed by atoms with van der Waals surface area (Å²) in [5.41, 5.74) is 4.58. The molecule has 1 aliphatic heterocycles. The smallest absolute Gasteiger partial charge is 0.298 e. The number of hydrazine groups is 1. The summed E-state index contributed by atoms with van der Waals surface area (Å²) in [6.07, 6.45) is -4.00. The Hall–Kier alpha value is -2.59. The van der Waals surface area contributed by atoms with E-state index >= 15 is 0 Å². The Balaban J connectivity index is 1.58. The molecule has 2 N–H and O–H groups in total. The topological polar surface area (TPSA) is 78.5 Å². The fourth-order valence-corrected chi connectivity index (χ4v) is 5.07. The standard InChI is InChI=1S/C22H26F3N3O3S/c1-15(2)16-7-9-18(10-8-16)32(30,31)28-13-11-17(12-14-28)21(29)27-26-20-6-4-3-5-19(20)22(23,24)25/h3-10,15,17,26H,11-14H2,1-2H3,(H,27,29). The minimum atomic E-state index is -4.55. The van der Waals surface area contributed by atoms with Gasteiger partial charge in [-0.3, -0.25) is 15.6 Å². The van der Waals surface area contributed by atoms with Crippen molar-refractivity contribution in [3.63, 3.8) is 0 Å². The van der Waals surface area contributed by atoms with Crippen molar-refractivity contribution in [3.8, 4) is 0 Å². The average molecular weight is 470 g/mol. The van der Waals surface area contributed by atoms with Gasteiger partial charge in [0.25, 0.3) is 0 Å². The maximum Gasteiger partial charge on any atom is 0.418 e. The molecule has 6 nitrogen and oxygen atoms in total. The maximum atomic E-state index is 13.1. The molecule has 1 saturated heterocycles.